The molecule has 0 radical (unpaired) electrons. The summed E-state index contributed by atoms with van der Waals surface area (Å²) in [6, 6.07) is 12.8. The van der Waals surface area contributed by atoms with E-state index in [1.54, 1.807) is 16.4 Å². The zero-order chi connectivity index (χ0) is 23.8. The second-order valence-electron chi connectivity index (χ2n) is 8.57. The van der Waals surface area contributed by atoms with Gasteiger partial charge in [-0.25, -0.2) is 8.42 Å². The van der Waals surface area contributed by atoms with E-state index in [0.717, 1.165) is 59.8 Å². The second kappa shape index (κ2) is 11.8. The number of allylic oxidation sites excluding steroid dienone is 1. The summed E-state index contributed by atoms with van der Waals surface area (Å²) in [6.45, 7) is 6.66. The van der Waals surface area contributed by atoms with Gasteiger partial charge in [0.25, 0.3) is 10.0 Å². The van der Waals surface area contributed by atoms with Crippen LogP contribution < -0.4 is 0 Å². The molecular formula is C27H35ClN2O2S. The predicted molar refractivity (Wildman–Crippen MR) is 140 cm³/mol. The Kier molecular flexibility index (Phi) is 9.04. The quantitative estimate of drug-likeness (QED) is 0.264. The fourth-order valence-electron chi connectivity index (χ4n) is 3.97. The molecule has 1 N–H and O–H groups in total. The third kappa shape index (κ3) is 6.21. The Morgan fingerprint density at radius 3 is 2.42 bits per heavy atom. The molecule has 1 aromatic heterocycles. The first-order valence-corrected chi connectivity index (χ1v) is 13.8. The molecule has 0 spiro atoms. The SMILES string of the molecule is CCCCCC/C=C(/c1c[nH]c2ccc(Cl)cc12)N(CCCC)S(=O)(=O)c1ccc(C)cc1. The van der Waals surface area contributed by atoms with Crippen molar-refractivity contribution >= 4 is 38.2 Å². The Bertz CT molecular complexity index is 1180. The summed E-state index contributed by atoms with van der Waals surface area (Å²) in [5, 5.41) is 1.56. The zero-order valence-corrected chi connectivity index (χ0v) is 21.5. The van der Waals surface area contributed by atoms with Gasteiger partial charge >= 0.3 is 0 Å². The molecular weight excluding hydrogens is 452 g/mol. The number of aromatic nitrogens is 1. The number of halogens is 1. The molecule has 0 bridgehead atoms. The number of aryl methyl sites for hydroxylation is 1. The van der Waals surface area contributed by atoms with Crippen LogP contribution >= 0.6 is 11.6 Å². The van der Waals surface area contributed by atoms with Crippen LogP contribution in [0.2, 0.25) is 5.02 Å². The minimum Gasteiger partial charge on any atom is -0.360 e. The van der Waals surface area contributed by atoms with Crippen molar-refractivity contribution in [1.82, 2.24) is 9.29 Å². The van der Waals surface area contributed by atoms with E-state index in [1.807, 2.05) is 43.5 Å². The van der Waals surface area contributed by atoms with E-state index in [0.29, 0.717) is 16.5 Å². The number of hydrogen-bond donors (Lipinski definition) is 1. The summed E-state index contributed by atoms with van der Waals surface area (Å²) in [6.07, 6.45) is 11.0. The Hall–Kier alpha value is -2.24. The Labute approximate surface area is 203 Å². The van der Waals surface area contributed by atoms with Crippen LogP contribution in [-0.2, 0) is 10.0 Å². The van der Waals surface area contributed by atoms with Gasteiger partial charge in [0, 0.05) is 34.2 Å². The first-order chi connectivity index (χ1) is 15.9. The van der Waals surface area contributed by atoms with Crippen LogP contribution in [-0.4, -0.2) is 24.3 Å². The molecule has 178 valence electrons. The highest BCUT2D eigenvalue weighted by Crippen LogP contribution is 2.34. The van der Waals surface area contributed by atoms with Crippen molar-refractivity contribution in [1.29, 1.82) is 0 Å². The summed E-state index contributed by atoms with van der Waals surface area (Å²) in [4.78, 5) is 3.61. The number of H-pyrrole nitrogens is 1. The lowest BCUT2D eigenvalue weighted by atomic mass is 10.1. The van der Waals surface area contributed by atoms with Crippen LogP contribution in [0.25, 0.3) is 16.6 Å². The molecule has 0 aliphatic carbocycles. The van der Waals surface area contributed by atoms with E-state index >= 15 is 0 Å². The van der Waals surface area contributed by atoms with Crippen molar-refractivity contribution in [3.8, 4) is 0 Å². The molecule has 0 aliphatic rings. The number of hydrogen-bond acceptors (Lipinski definition) is 2. The van der Waals surface area contributed by atoms with E-state index in [1.165, 1.54) is 12.8 Å². The van der Waals surface area contributed by atoms with E-state index in [4.69, 9.17) is 11.6 Å². The van der Waals surface area contributed by atoms with Gasteiger partial charge in [-0.1, -0.05) is 74.9 Å². The highest BCUT2D eigenvalue weighted by atomic mass is 35.5. The van der Waals surface area contributed by atoms with Gasteiger partial charge in [0.1, 0.15) is 0 Å². The van der Waals surface area contributed by atoms with Crippen molar-refractivity contribution in [2.45, 2.75) is 70.6 Å². The maximum atomic E-state index is 13.9. The first kappa shape index (κ1) is 25.4. The third-order valence-corrected chi connectivity index (χ3v) is 7.97. The second-order valence-corrected chi connectivity index (χ2v) is 10.9. The maximum absolute atomic E-state index is 13.9. The van der Waals surface area contributed by atoms with E-state index in [2.05, 4.69) is 24.9 Å². The first-order valence-electron chi connectivity index (χ1n) is 11.9. The molecule has 2 aromatic carbocycles. The Balaban J connectivity index is 2.11. The van der Waals surface area contributed by atoms with Gasteiger partial charge in [-0.15, -0.1) is 0 Å². The van der Waals surface area contributed by atoms with E-state index in [9.17, 15) is 8.42 Å². The minimum atomic E-state index is -3.72. The highest BCUT2D eigenvalue weighted by molar-refractivity contribution is 7.89. The number of nitrogens with zero attached hydrogens (tertiary/aromatic N) is 1. The zero-order valence-electron chi connectivity index (χ0n) is 19.9. The average molecular weight is 487 g/mol. The molecule has 3 aromatic rings. The summed E-state index contributed by atoms with van der Waals surface area (Å²) in [5.41, 5.74) is 3.57. The van der Waals surface area contributed by atoms with Gasteiger partial charge in [-0.2, -0.15) is 0 Å². The normalized spacial score (nSPS) is 12.4. The molecule has 3 rings (SSSR count). The van der Waals surface area contributed by atoms with Crippen molar-refractivity contribution < 1.29 is 8.42 Å². The van der Waals surface area contributed by atoms with Gasteiger partial charge in [-0.05, 0) is 56.5 Å². The smallest absolute Gasteiger partial charge is 0.264 e. The number of rotatable bonds is 12. The number of fused-ring (bicyclic) bond motifs is 1. The van der Waals surface area contributed by atoms with Crippen LogP contribution in [0.1, 0.15) is 69.9 Å². The van der Waals surface area contributed by atoms with Crippen LogP contribution in [0, 0.1) is 6.92 Å². The monoisotopic (exact) mass is 486 g/mol. The van der Waals surface area contributed by atoms with Crippen LogP contribution in [0.5, 0.6) is 0 Å². The number of nitrogens with one attached hydrogen (secondary N) is 1. The average Bonchev–Trinajstić information content (AvgIpc) is 3.20. The molecule has 4 nitrogen and oxygen atoms in total. The number of unbranched alkanes of at least 4 members (excludes halogenated alkanes) is 5. The number of sulfonamides is 1. The van der Waals surface area contributed by atoms with Gasteiger partial charge in [0.2, 0.25) is 0 Å². The molecule has 33 heavy (non-hydrogen) atoms. The molecule has 0 saturated heterocycles. The standard InChI is InChI=1S/C27H35ClN2O2S/c1-4-6-8-9-10-11-27(25-20-29-26-17-14-22(28)19-24(25)26)30(18-7-5-2)33(31,32)23-15-12-21(3)13-16-23/h11-17,19-20,29H,4-10,18H2,1-3H3/b27-11-. The van der Waals surface area contributed by atoms with Crippen LogP contribution in [0.3, 0.4) is 0 Å². The Morgan fingerprint density at radius 1 is 1.00 bits per heavy atom. The summed E-state index contributed by atoms with van der Waals surface area (Å²) in [7, 11) is -3.72. The Morgan fingerprint density at radius 2 is 1.73 bits per heavy atom. The topological polar surface area (TPSA) is 53.2 Å². The molecule has 0 amide bonds. The maximum Gasteiger partial charge on any atom is 0.264 e. The van der Waals surface area contributed by atoms with E-state index < -0.39 is 10.0 Å². The van der Waals surface area contributed by atoms with Crippen molar-refractivity contribution in [3.63, 3.8) is 0 Å². The van der Waals surface area contributed by atoms with Gasteiger partial charge in [-0.3, -0.25) is 4.31 Å². The molecule has 0 aliphatic heterocycles. The molecule has 6 heteroatoms. The molecule has 0 fully saturated rings. The third-order valence-electron chi connectivity index (χ3n) is 5.91. The summed E-state index contributed by atoms with van der Waals surface area (Å²) < 4.78 is 29.3. The lowest BCUT2D eigenvalue weighted by Crippen LogP contribution is -2.31. The molecule has 0 saturated carbocycles. The van der Waals surface area contributed by atoms with Crippen LogP contribution in [0.4, 0.5) is 0 Å². The fraction of sp³-hybridized carbons (Fsp3) is 0.407. The van der Waals surface area contributed by atoms with Crippen molar-refractivity contribution in [3.05, 3.63) is 70.9 Å². The van der Waals surface area contributed by atoms with Gasteiger partial charge in [0.15, 0.2) is 0 Å². The minimum absolute atomic E-state index is 0.318. The van der Waals surface area contributed by atoms with E-state index in [-0.39, 0.29) is 0 Å². The lowest BCUT2D eigenvalue weighted by molar-refractivity contribution is 0.497. The number of aromatic amines is 1. The highest BCUT2D eigenvalue weighted by Gasteiger charge is 2.28. The molecule has 0 unspecified atom stereocenters. The molecule has 1 heterocycles. The van der Waals surface area contributed by atoms with Gasteiger partial charge in [0.05, 0.1) is 10.6 Å². The number of benzene rings is 2. The largest absolute Gasteiger partial charge is 0.360 e. The summed E-state index contributed by atoms with van der Waals surface area (Å²) >= 11 is 6.31. The summed E-state index contributed by atoms with van der Waals surface area (Å²) in [5.74, 6) is 0. The molecule has 0 atom stereocenters. The van der Waals surface area contributed by atoms with Crippen LogP contribution in [0.15, 0.2) is 59.6 Å². The van der Waals surface area contributed by atoms with Crippen molar-refractivity contribution in [2.24, 2.45) is 0 Å². The predicted octanol–water partition coefficient (Wildman–Crippen LogP) is 7.93. The lowest BCUT2D eigenvalue weighted by Gasteiger charge is -2.27. The fourth-order valence-corrected chi connectivity index (χ4v) is 5.68. The van der Waals surface area contributed by atoms with Gasteiger partial charge < -0.3 is 4.98 Å². The van der Waals surface area contributed by atoms with Crippen molar-refractivity contribution in [2.75, 3.05) is 6.54 Å².